The van der Waals surface area contributed by atoms with Crippen molar-refractivity contribution in [1.82, 2.24) is 5.32 Å². The molecule has 1 aromatic carbocycles. The molecule has 2 rings (SSSR count). The fourth-order valence-electron chi connectivity index (χ4n) is 2.23. The highest BCUT2D eigenvalue weighted by molar-refractivity contribution is 5.30. The minimum atomic E-state index is 0.330. The van der Waals surface area contributed by atoms with Gasteiger partial charge in [0.1, 0.15) is 5.75 Å². The number of rotatable bonds is 4. The zero-order chi connectivity index (χ0) is 12.1. The van der Waals surface area contributed by atoms with Crippen LogP contribution in [0.1, 0.15) is 31.4 Å². The number of benzene rings is 1. The Kier molecular flexibility index (Phi) is 4.40. The molecule has 1 N–H and O–H groups in total. The van der Waals surface area contributed by atoms with Crippen LogP contribution < -0.4 is 10.1 Å². The van der Waals surface area contributed by atoms with Crippen LogP contribution in [0.25, 0.3) is 0 Å². The van der Waals surface area contributed by atoms with Crippen LogP contribution in [0.15, 0.2) is 24.3 Å². The van der Waals surface area contributed by atoms with Gasteiger partial charge in [0.05, 0.1) is 13.7 Å². The van der Waals surface area contributed by atoms with Gasteiger partial charge in [-0.15, -0.1) is 0 Å². The zero-order valence-corrected chi connectivity index (χ0v) is 10.6. The van der Waals surface area contributed by atoms with Gasteiger partial charge in [0, 0.05) is 18.7 Å². The molecule has 0 spiro atoms. The third-order valence-corrected chi connectivity index (χ3v) is 3.24. The predicted octanol–water partition coefficient (Wildman–Crippen LogP) is 2.52. The summed E-state index contributed by atoms with van der Waals surface area (Å²) in [5.74, 6) is 0.913. The molecule has 1 heterocycles. The van der Waals surface area contributed by atoms with Crippen molar-refractivity contribution < 1.29 is 9.47 Å². The van der Waals surface area contributed by atoms with E-state index < -0.39 is 0 Å². The summed E-state index contributed by atoms with van der Waals surface area (Å²) in [7, 11) is 1.70. The molecule has 0 radical (unpaired) electrons. The molecule has 0 aliphatic carbocycles. The summed E-state index contributed by atoms with van der Waals surface area (Å²) in [6, 6.07) is 9.02. The van der Waals surface area contributed by atoms with Crippen LogP contribution in [-0.2, 0) is 4.74 Å². The van der Waals surface area contributed by atoms with Crippen molar-refractivity contribution in [3.05, 3.63) is 29.8 Å². The summed E-state index contributed by atoms with van der Waals surface area (Å²) >= 11 is 0. The third-order valence-electron chi connectivity index (χ3n) is 3.24. The standard InChI is InChI=1S/C14H21NO2/c1-11(15-13-6-4-8-17-10-13)12-5-3-7-14(9-12)16-2/h3,5,7,9,11,13,15H,4,6,8,10H2,1-2H3/t11-,13?/m0/s1. The lowest BCUT2D eigenvalue weighted by atomic mass is 10.0. The van der Waals surface area contributed by atoms with E-state index in [0.717, 1.165) is 25.4 Å². The van der Waals surface area contributed by atoms with Crippen molar-refractivity contribution in [2.75, 3.05) is 20.3 Å². The fraction of sp³-hybridized carbons (Fsp3) is 0.571. The van der Waals surface area contributed by atoms with E-state index >= 15 is 0 Å². The molecule has 1 unspecified atom stereocenters. The van der Waals surface area contributed by atoms with Crippen molar-refractivity contribution in [3.8, 4) is 5.75 Å². The molecule has 0 bridgehead atoms. The molecule has 0 aromatic heterocycles. The Morgan fingerprint density at radius 2 is 2.35 bits per heavy atom. The summed E-state index contributed by atoms with van der Waals surface area (Å²) in [5.41, 5.74) is 1.26. The largest absolute Gasteiger partial charge is 0.497 e. The molecule has 0 amide bonds. The van der Waals surface area contributed by atoms with Crippen LogP contribution in [-0.4, -0.2) is 26.4 Å². The van der Waals surface area contributed by atoms with Gasteiger partial charge in [-0.05, 0) is 37.5 Å². The Hall–Kier alpha value is -1.06. The van der Waals surface area contributed by atoms with Crippen molar-refractivity contribution in [2.45, 2.75) is 31.8 Å². The Bertz CT molecular complexity index is 348. The lowest BCUT2D eigenvalue weighted by Crippen LogP contribution is -2.38. The van der Waals surface area contributed by atoms with E-state index in [1.54, 1.807) is 7.11 Å². The zero-order valence-electron chi connectivity index (χ0n) is 10.6. The minimum Gasteiger partial charge on any atom is -0.497 e. The van der Waals surface area contributed by atoms with Crippen molar-refractivity contribution in [3.63, 3.8) is 0 Å². The summed E-state index contributed by atoms with van der Waals surface area (Å²) in [6.45, 7) is 3.92. The Morgan fingerprint density at radius 3 is 3.06 bits per heavy atom. The van der Waals surface area contributed by atoms with Crippen molar-refractivity contribution >= 4 is 0 Å². The van der Waals surface area contributed by atoms with Crippen LogP contribution in [0, 0.1) is 0 Å². The van der Waals surface area contributed by atoms with E-state index in [4.69, 9.17) is 9.47 Å². The molecule has 1 saturated heterocycles. The summed E-state index contributed by atoms with van der Waals surface area (Å²) in [6.07, 6.45) is 2.36. The van der Waals surface area contributed by atoms with Gasteiger partial charge in [0.15, 0.2) is 0 Å². The smallest absolute Gasteiger partial charge is 0.119 e. The van der Waals surface area contributed by atoms with Gasteiger partial charge in [-0.1, -0.05) is 12.1 Å². The third kappa shape index (κ3) is 3.45. The lowest BCUT2D eigenvalue weighted by molar-refractivity contribution is 0.0671. The second kappa shape index (κ2) is 6.03. The maximum absolute atomic E-state index is 5.48. The number of methoxy groups -OCH3 is 1. The number of hydrogen-bond donors (Lipinski definition) is 1. The van der Waals surface area contributed by atoms with Crippen LogP contribution in [0.3, 0.4) is 0 Å². The molecule has 17 heavy (non-hydrogen) atoms. The molecule has 94 valence electrons. The van der Waals surface area contributed by atoms with Gasteiger partial charge in [0.25, 0.3) is 0 Å². The molecule has 1 aliphatic rings. The number of nitrogens with one attached hydrogen (secondary N) is 1. The molecule has 3 heteroatoms. The van der Waals surface area contributed by atoms with Gasteiger partial charge < -0.3 is 14.8 Å². The van der Waals surface area contributed by atoms with E-state index in [9.17, 15) is 0 Å². The second-order valence-corrected chi connectivity index (χ2v) is 4.58. The minimum absolute atomic E-state index is 0.330. The van der Waals surface area contributed by atoms with Crippen molar-refractivity contribution in [1.29, 1.82) is 0 Å². The second-order valence-electron chi connectivity index (χ2n) is 4.58. The molecular formula is C14H21NO2. The number of hydrogen-bond acceptors (Lipinski definition) is 3. The van der Waals surface area contributed by atoms with Crippen molar-refractivity contribution in [2.24, 2.45) is 0 Å². The highest BCUT2D eigenvalue weighted by Crippen LogP contribution is 2.20. The predicted molar refractivity (Wildman–Crippen MR) is 68.4 cm³/mol. The Labute approximate surface area is 103 Å². The average Bonchev–Trinajstić information content (AvgIpc) is 2.40. The summed E-state index contributed by atoms with van der Waals surface area (Å²) < 4.78 is 10.7. The highest BCUT2D eigenvalue weighted by atomic mass is 16.5. The lowest BCUT2D eigenvalue weighted by Gasteiger charge is -2.27. The molecule has 1 aliphatic heterocycles. The topological polar surface area (TPSA) is 30.5 Å². The van der Waals surface area contributed by atoms with E-state index in [1.807, 2.05) is 12.1 Å². The first kappa shape index (κ1) is 12.4. The van der Waals surface area contributed by atoms with E-state index in [0.29, 0.717) is 12.1 Å². The summed E-state index contributed by atoms with van der Waals surface area (Å²) in [4.78, 5) is 0. The Balaban J connectivity index is 1.95. The van der Waals surface area contributed by atoms with E-state index in [2.05, 4.69) is 24.4 Å². The molecule has 0 saturated carbocycles. The maximum Gasteiger partial charge on any atom is 0.119 e. The van der Waals surface area contributed by atoms with Crippen LogP contribution in [0.2, 0.25) is 0 Å². The molecular weight excluding hydrogens is 214 g/mol. The molecule has 1 aromatic rings. The van der Waals surface area contributed by atoms with Gasteiger partial charge in [-0.25, -0.2) is 0 Å². The van der Waals surface area contributed by atoms with Gasteiger partial charge >= 0.3 is 0 Å². The molecule has 2 atom stereocenters. The first-order chi connectivity index (χ1) is 8.29. The average molecular weight is 235 g/mol. The monoisotopic (exact) mass is 235 g/mol. The maximum atomic E-state index is 5.48. The highest BCUT2D eigenvalue weighted by Gasteiger charge is 2.16. The van der Waals surface area contributed by atoms with Crippen LogP contribution in [0.5, 0.6) is 5.75 Å². The van der Waals surface area contributed by atoms with E-state index in [-0.39, 0.29) is 0 Å². The Morgan fingerprint density at radius 1 is 1.47 bits per heavy atom. The van der Waals surface area contributed by atoms with Gasteiger partial charge in [-0.2, -0.15) is 0 Å². The molecule has 1 fully saturated rings. The SMILES string of the molecule is COc1cccc([C@H](C)NC2CCCOC2)c1. The normalized spacial score (nSPS) is 22.1. The number of ether oxygens (including phenoxy) is 2. The van der Waals surface area contributed by atoms with Crippen LogP contribution >= 0.6 is 0 Å². The summed E-state index contributed by atoms with van der Waals surface area (Å²) in [5, 5.41) is 3.61. The van der Waals surface area contributed by atoms with Gasteiger partial charge in [0.2, 0.25) is 0 Å². The first-order valence-electron chi connectivity index (χ1n) is 6.27. The quantitative estimate of drug-likeness (QED) is 0.870. The van der Waals surface area contributed by atoms with Gasteiger partial charge in [-0.3, -0.25) is 0 Å². The van der Waals surface area contributed by atoms with Crippen LogP contribution in [0.4, 0.5) is 0 Å². The first-order valence-corrected chi connectivity index (χ1v) is 6.27. The molecule has 3 nitrogen and oxygen atoms in total. The van der Waals surface area contributed by atoms with E-state index in [1.165, 1.54) is 12.0 Å². The fourth-order valence-corrected chi connectivity index (χ4v) is 2.23.